The molecule has 0 atom stereocenters. The number of ether oxygens (including phenoxy) is 2. The number of amides is 1. The van der Waals surface area contributed by atoms with Crippen LogP contribution in [-0.2, 0) is 11.0 Å². The first-order valence-corrected chi connectivity index (χ1v) is 9.29. The van der Waals surface area contributed by atoms with E-state index in [-0.39, 0.29) is 10.9 Å². The third kappa shape index (κ3) is 4.86. The van der Waals surface area contributed by atoms with Gasteiger partial charge in [-0.3, -0.25) is 4.79 Å². The van der Waals surface area contributed by atoms with Crippen LogP contribution in [-0.4, -0.2) is 25.3 Å². The van der Waals surface area contributed by atoms with Gasteiger partial charge < -0.3 is 14.8 Å². The standard InChI is InChI=1S/C19H14ClF3N2O3S/c1-27-12-5-3-10(15(9-12)28-2)7-16-17(26)25-18(29-16)24-11-4-6-14(20)13(8-11)19(21,22)23/h3-9H,1-2H3,(H,24,25,26). The van der Waals surface area contributed by atoms with Crippen LogP contribution in [0.5, 0.6) is 11.5 Å². The van der Waals surface area contributed by atoms with Gasteiger partial charge in [0.2, 0.25) is 0 Å². The lowest BCUT2D eigenvalue weighted by Gasteiger charge is -2.09. The van der Waals surface area contributed by atoms with E-state index in [1.807, 2.05) is 0 Å². The highest BCUT2D eigenvalue weighted by atomic mass is 35.5. The SMILES string of the molecule is COc1ccc(C=C2SC(=Nc3ccc(Cl)c(C(F)(F)F)c3)NC2=O)c(OC)c1. The van der Waals surface area contributed by atoms with Crippen LogP contribution in [0.4, 0.5) is 18.9 Å². The molecule has 1 fully saturated rings. The van der Waals surface area contributed by atoms with Gasteiger partial charge >= 0.3 is 6.18 Å². The molecule has 1 saturated heterocycles. The highest BCUT2D eigenvalue weighted by Crippen LogP contribution is 2.38. The Kier molecular flexibility index (Phi) is 6.09. The molecule has 0 unspecified atom stereocenters. The van der Waals surface area contributed by atoms with E-state index in [9.17, 15) is 18.0 Å². The van der Waals surface area contributed by atoms with Crippen LogP contribution in [0.25, 0.3) is 6.08 Å². The van der Waals surface area contributed by atoms with Crippen molar-refractivity contribution >= 4 is 46.2 Å². The average molecular weight is 443 g/mol. The van der Waals surface area contributed by atoms with E-state index in [0.29, 0.717) is 22.0 Å². The fourth-order valence-electron chi connectivity index (χ4n) is 2.48. The van der Waals surface area contributed by atoms with Crippen molar-refractivity contribution < 1.29 is 27.4 Å². The molecule has 5 nitrogen and oxygen atoms in total. The highest BCUT2D eigenvalue weighted by Gasteiger charge is 2.33. The number of methoxy groups -OCH3 is 2. The van der Waals surface area contributed by atoms with Gasteiger partial charge in [0.05, 0.1) is 35.4 Å². The zero-order chi connectivity index (χ0) is 21.2. The van der Waals surface area contributed by atoms with Gasteiger partial charge in [0.1, 0.15) is 11.5 Å². The smallest absolute Gasteiger partial charge is 0.417 e. The van der Waals surface area contributed by atoms with Gasteiger partial charge in [0.15, 0.2) is 5.17 Å². The number of rotatable bonds is 4. The molecule has 2 aromatic carbocycles. The van der Waals surface area contributed by atoms with Crippen LogP contribution in [0.2, 0.25) is 5.02 Å². The number of benzene rings is 2. The van der Waals surface area contributed by atoms with Crippen molar-refractivity contribution in [3.63, 3.8) is 0 Å². The van der Waals surface area contributed by atoms with Gasteiger partial charge in [-0.1, -0.05) is 11.6 Å². The molecule has 2 aromatic rings. The molecule has 1 aliphatic heterocycles. The minimum Gasteiger partial charge on any atom is -0.497 e. The van der Waals surface area contributed by atoms with E-state index in [0.717, 1.165) is 23.9 Å². The number of hydrogen-bond acceptors (Lipinski definition) is 5. The lowest BCUT2D eigenvalue weighted by Crippen LogP contribution is -2.19. The summed E-state index contributed by atoms with van der Waals surface area (Å²) in [6.07, 6.45) is -3.00. The number of hydrogen-bond donors (Lipinski definition) is 1. The van der Waals surface area contributed by atoms with Crippen LogP contribution in [0, 0.1) is 0 Å². The molecule has 3 rings (SSSR count). The minimum absolute atomic E-state index is 0.0211. The summed E-state index contributed by atoms with van der Waals surface area (Å²) in [4.78, 5) is 16.6. The van der Waals surface area contributed by atoms with Gasteiger partial charge in [-0.05, 0) is 48.2 Å². The van der Waals surface area contributed by atoms with Crippen molar-refractivity contribution in [3.05, 3.63) is 57.5 Å². The molecule has 1 amide bonds. The number of thioether (sulfide) groups is 1. The van der Waals surface area contributed by atoms with Crippen molar-refractivity contribution in [2.45, 2.75) is 6.18 Å². The largest absolute Gasteiger partial charge is 0.497 e. The predicted octanol–water partition coefficient (Wildman–Crippen LogP) is 5.27. The fraction of sp³-hybridized carbons (Fsp3) is 0.158. The molecule has 1 heterocycles. The Labute approximate surface area is 173 Å². The molecule has 0 aromatic heterocycles. The Morgan fingerprint density at radius 3 is 2.55 bits per heavy atom. The second kappa shape index (κ2) is 8.38. The molecule has 1 N–H and O–H groups in total. The summed E-state index contributed by atoms with van der Waals surface area (Å²) in [5.74, 6) is 0.678. The summed E-state index contributed by atoms with van der Waals surface area (Å²) < 4.78 is 49.4. The maximum absolute atomic E-state index is 13.0. The zero-order valence-electron chi connectivity index (χ0n) is 15.1. The van der Waals surface area contributed by atoms with Crippen molar-refractivity contribution in [2.75, 3.05) is 14.2 Å². The second-order valence-electron chi connectivity index (χ2n) is 5.75. The molecule has 29 heavy (non-hydrogen) atoms. The Hall–Kier alpha value is -2.65. The van der Waals surface area contributed by atoms with Crippen LogP contribution in [0.3, 0.4) is 0 Å². The van der Waals surface area contributed by atoms with Crippen molar-refractivity contribution in [1.82, 2.24) is 5.32 Å². The lowest BCUT2D eigenvalue weighted by atomic mass is 10.1. The predicted molar refractivity (Wildman–Crippen MR) is 107 cm³/mol. The van der Waals surface area contributed by atoms with Gasteiger partial charge in [-0.15, -0.1) is 0 Å². The van der Waals surface area contributed by atoms with Crippen molar-refractivity contribution in [3.8, 4) is 11.5 Å². The normalized spacial score (nSPS) is 17.0. The second-order valence-corrected chi connectivity index (χ2v) is 7.19. The number of nitrogens with zero attached hydrogens (tertiary/aromatic N) is 1. The monoisotopic (exact) mass is 442 g/mol. The van der Waals surface area contributed by atoms with Gasteiger partial charge in [-0.25, -0.2) is 4.99 Å². The Morgan fingerprint density at radius 2 is 1.90 bits per heavy atom. The molecule has 10 heteroatoms. The molecule has 152 valence electrons. The molecule has 0 aliphatic carbocycles. The number of alkyl halides is 3. The van der Waals surface area contributed by atoms with E-state index in [1.165, 1.54) is 20.3 Å². The van der Waals surface area contributed by atoms with Crippen molar-refractivity contribution in [2.24, 2.45) is 4.99 Å². The first kappa shape index (κ1) is 21.1. The van der Waals surface area contributed by atoms with Crippen LogP contribution < -0.4 is 14.8 Å². The summed E-state index contributed by atoms with van der Waals surface area (Å²) in [7, 11) is 3.02. The maximum atomic E-state index is 13.0. The van der Waals surface area contributed by atoms with E-state index in [2.05, 4.69) is 10.3 Å². The molecule has 1 aliphatic rings. The average Bonchev–Trinajstić information content (AvgIpc) is 3.01. The Morgan fingerprint density at radius 1 is 1.14 bits per heavy atom. The van der Waals surface area contributed by atoms with E-state index >= 15 is 0 Å². The number of carbonyl (C=O) groups excluding carboxylic acids is 1. The molecule has 0 saturated carbocycles. The summed E-state index contributed by atoms with van der Waals surface area (Å²) in [6, 6.07) is 8.40. The molecular formula is C19H14ClF3N2O3S. The van der Waals surface area contributed by atoms with Crippen LogP contribution in [0.1, 0.15) is 11.1 Å². The summed E-state index contributed by atoms with van der Waals surface area (Å²) >= 11 is 6.62. The number of aliphatic imine (C=N–C) groups is 1. The van der Waals surface area contributed by atoms with Gasteiger partial charge in [0.25, 0.3) is 5.91 Å². The van der Waals surface area contributed by atoms with E-state index in [4.69, 9.17) is 21.1 Å². The summed E-state index contributed by atoms with van der Waals surface area (Å²) in [6.45, 7) is 0. The first-order chi connectivity index (χ1) is 13.7. The van der Waals surface area contributed by atoms with Crippen LogP contribution in [0.15, 0.2) is 46.3 Å². The quantitative estimate of drug-likeness (QED) is 0.655. The lowest BCUT2D eigenvalue weighted by molar-refractivity contribution is -0.137. The number of carbonyl (C=O) groups is 1. The van der Waals surface area contributed by atoms with Crippen molar-refractivity contribution in [1.29, 1.82) is 0 Å². The summed E-state index contributed by atoms with van der Waals surface area (Å²) in [5, 5.41) is 2.27. The molecular weight excluding hydrogens is 429 g/mol. The number of halogens is 4. The summed E-state index contributed by atoms with van der Waals surface area (Å²) in [5.41, 5.74) is -0.333. The van der Waals surface area contributed by atoms with E-state index in [1.54, 1.807) is 24.3 Å². The van der Waals surface area contributed by atoms with Gasteiger partial charge in [0, 0.05) is 11.6 Å². The Balaban J connectivity index is 1.88. The highest BCUT2D eigenvalue weighted by molar-refractivity contribution is 8.18. The number of amidine groups is 1. The minimum atomic E-state index is -4.60. The van der Waals surface area contributed by atoms with Gasteiger partial charge in [-0.2, -0.15) is 13.2 Å². The van der Waals surface area contributed by atoms with E-state index < -0.39 is 22.7 Å². The molecule has 0 bridgehead atoms. The Bertz CT molecular complexity index is 1020. The zero-order valence-corrected chi connectivity index (χ0v) is 16.7. The number of nitrogens with one attached hydrogen (secondary N) is 1. The first-order valence-electron chi connectivity index (χ1n) is 8.09. The third-order valence-electron chi connectivity index (χ3n) is 3.86. The maximum Gasteiger partial charge on any atom is 0.417 e. The fourth-order valence-corrected chi connectivity index (χ4v) is 3.53. The third-order valence-corrected chi connectivity index (χ3v) is 5.10. The van der Waals surface area contributed by atoms with Crippen LogP contribution >= 0.6 is 23.4 Å². The molecule has 0 radical (unpaired) electrons. The topological polar surface area (TPSA) is 59.9 Å². The molecule has 0 spiro atoms.